The van der Waals surface area contributed by atoms with Gasteiger partial charge in [0.25, 0.3) is 0 Å². The molecule has 1 aromatic rings. The molecular weight excluding hydrogens is 236 g/mol. The fraction of sp³-hybridized carbons (Fsp3) is 0.444. The van der Waals surface area contributed by atoms with E-state index in [-0.39, 0.29) is 11.8 Å². The van der Waals surface area contributed by atoms with Gasteiger partial charge in [0.05, 0.1) is 5.75 Å². The van der Waals surface area contributed by atoms with Gasteiger partial charge in [-0.15, -0.1) is 0 Å². The third-order valence-electron chi connectivity index (χ3n) is 1.69. The molecule has 0 bridgehead atoms. The Balaban J connectivity index is 2.63. The van der Waals surface area contributed by atoms with Gasteiger partial charge in [0.2, 0.25) is 0 Å². The lowest BCUT2D eigenvalue weighted by molar-refractivity contribution is 0.598. The topological polar surface area (TPSA) is 59.1 Å². The fourth-order valence-corrected chi connectivity index (χ4v) is 2.44. The van der Waals surface area contributed by atoms with E-state index in [1.165, 1.54) is 6.26 Å². The smallest absolute Gasteiger partial charge is 0.149 e. The maximum absolute atomic E-state index is 11.0. The van der Waals surface area contributed by atoms with Crippen molar-refractivity contribution >= 4 is 27.1 Å². The van der Waals surface area contributed by atoms with Crippen LogP contribution in [0.25, 0.3) is 0 Å². The van der Waals surface area contributed by atoms with Crippen LogP contribution in [-0.4, -0.2) is 31.5 Å². The number of sulfone groups is 1. The predicted molar refractivity (Wildman–Crippen MR) is 62.0 cm³/mol. The first-order valence-corrected chi connectivity index (χ1v) is 6.86. The summed E-state index contributed by atoms with van der Waals surface area (Å²) < 4.78 is 22.0. The monoisotopic (exact) mass is 248 g/mol. The highest BCUT2D eigenvalue weighted by molar-refractivity contribution is 7.90. The molecule has 0 aromatic carbocycles. The Morgan fingerprint density at radius 2 is 2.27 bits per heavy atom. The average molecular weight is 249 g/mol. The van der Waals surface area contributed by atoms with Crippen LogP contribution in [0.4, 0.5) is 5.69 Å². The average Bonchev–Trinajstić information content (AvgIpc) is 1.99. The van der Waals surface area contributed by atoms with Crippen LogP contribution in [0.3, 0.4) is 0 Å². The molecule has 1 unspecified atom stereocenters. The van der Waals surface area contributed by atoms with Gasteiger partial charge in [-0.3, -0.25) is 0 Å². The van der Waals surface area contributed by atoms with Crippen molar-refractivity contribution in [3.63, 3.8) is 0 Å². The Kier molecular flexibility index (Phi) is 3.93. The largest absolute Gasteiger partial charge is 0.381 e. The van der Waals surface area contributed by atoms with Gasteiger partial charge in [-0.2, -0.15) is 0 Å². The number of halogens is 1. The van der Waals surface area contributed by atoms with E-state index in [2.05, 4.69) is 10.3 Å². The highest BCUT2D eigenvalue weighted by Gasteiger charge is 2.10. The molecule has 1 atom stereocenters. The van der Waals surface area contributed by atoms with Crippen LogP contribution in [0.1, 0.15) is 6.92 Å². The van der Waals surface area contributed by atoms with Crippen LogP contribution in [0, 0.1) is 0 Å². The number of anilines is 1. The van der Waals surface area contributed by atoms with E-state index in [0.29, 0.717) is 5.15 Å². The zero-order valence-corrected chi connectivity index (χ0v) is 10.1. The Bertz CT molecular complexity index is 433. The van der Waals surface area contributed by atoms with Gasteiger partial charge in [-0.05, 0) is 19.1 Å². The number of nitrogens with one attached hydrogen (secondary N) is 1. The molecule has 0 saturated carbocycles. The third kappa shape index (κ3) is 4.99. The summed E-state index contributed by atoms with van der Waals surface area (Å²) in [5.41, 5.74) is 0.770. The summed E-state index contributed by atoms with van der Waals surface area (Å²) in [6.07, 6.45) is 2.78. The molecule has 1 N–H and O–H groups in total. The number of hydrogen-bond donors (Lipinski definition) is 1. The highest BCUT2D eigenvalue weighted by atomic mass is 35.5. The molecule has 0 aliphatic carbocycles. The van der Waals surface area contributed by atoms with Crippen molar-refractivity contribution in [1.29, 1.82) is 0 Å². The van der Waals surface area contributed by atoms with Crippen LogP contribution in [-0.2, 0) is 9.84 Å². The Hall–Kier alpha value is -0.810. The number of aromatic nitrogens is 1. The lowest BCUT2D eigenvalue weighted by Gasteiger charge is -2.13. The molecule has 0 aliphatic rings. The van der Waals surface area contributed by atoms with Gasteiger partial charge in [-0.1, -0.05) is 11.6 Å². The minimum absolute atomic E-state index is 0.0902. The lowest BCUT2D eigenvalue weighted by Crippen LogP contribution is -2.24. The molecule has 0 radical (unpaired) electrons. The molecule has 1 aromatic heterocycles. The van der Waals surface area contributed by atoms with Crippen molar-refractivity contribution in [3.8, 4) is 0 Å². The van der Waals surface area contributed by atoms with E-state index in [9.17, 15) is 8.42 Å². The Labute approximate surface area is 94.6 Å². The van der Waals surface area contributed by atoms with Crippen molar-refractivity contribution in [2.75, 3.05) is 17.3 Å². The van der Waals surface area contributed by atoms with E-state index < -0.39 is 9.84 Å². The molecule has 0 aliphatic heterocycles. The van der Waals surface area contributed by atoms with Crippen molar-refractivity contribution in [3.05, 3.63) is 23.5 Å². The summed E-state index contributed by atoms with van der Waals surface area (Å²) in [6.45, 7) is 1.80. The Morgan fingerprint density at radius 3 is 2.80 bits per heavy atom. The zero-order valence-electron chi connectivity index (χ0n) is 8.57. The molecule has 0 amide bonds. The quantitative estimate of drug-likeness (QED) is 0.822. The predicted octanol–water partition coefficient (Wildman–Crippen LogP) is 1.58. The van der Waals surface area contributed by atoms with E-state index in [0.717, 1.165) is 5.69 Å². The maximum atomic E-state index is 11.0. The molecule has 0 fully saturated rings. The van der Waals surface area contributed by atoms with Crippen LogP contribution in [0.5, 0.6) is 0 Å². The summed E-state index contributed by atoms with van der Waals surface area (Å²) in [7, 11) is -2.96. The molecule has 0 saturated heterocycles. The number of rotatable bonds is 4. The van der Waals surface area contributed by atoms with Gasteiger partial charge in [-0.25, -0.2) is 13.4 Å². The lowest BCUT2D eigenvalue weighted by atomic mass is 10.3. The van der Waals surface area contributed by atoms with E-state index in [1.807, 2.05) is 0 Å². The Morgan fingerprint density at radius 1 is 1.60 bits per heavy atom. The summed E-state index contributed by atoms with van der Waals surface area (Å²) in [4.78, 5) is 3.83. The number of nitrogens with zero attached hydrogens (tertiary/aromatic N) is 1. The van der Waals surface area contributed by atoms with Gasteiger partial charge in [0.1, 0.15) is 15.0 Å². The van der Waals surface area contributed by atoms with Gasteiger partial charge in [0, 0.05) is 24.2 Å². The highest BCUT2D eigenvalue weighted by Crippen LogP contribution is 2.13. The standard InChI is InChI=1S/C9H13ClN2O2S/c1-7(6-15(2,13)14)12-8-3-4-11-9(10)5-8/h3-5,7H,6H2,1-2H3,(H,11,12). The minimum Gasteiger partial charge on any atom is -0.381 e. The molecule has 15 heavy (non-hydrogen) atoms. The normalized spacial score (nSPS) is 13.5. The van der Waals surface area contributed by atoms with Crippen LogP contribution in [0.2, 0.25) is 5.15 Å². The van der Waals surface area contributed by atoms with Crippen molar-refractivity contribution < 1.29 is 8.42 Å². The van der Waals surface area contributed by atoms with Gasteiger partial charge < -0.3 is 5.32 Å². The first kappa shape index (κ1) is 12.3. The van der Waals surface area contributed by atoms with E-state index >= 15 is 0 Å². The van der Waals surface area contributed by atoms with Crippen LogP contribution >= 0.6 is 11.6 Å². The van der Waals surface area contributed by atoms with Crippen molar-refractivity contribution in [2.45, 2.75) is 13.0 Å². The fourth-order valence-electron chi connectivity index (χ4n) is 1.27. The van der Waals surface area contributed by atoms with E-state index in [4.69, 9.17) is 11.6 Å². The summed E-state index contributed by atoms with van der Waals surface area (Å²) >= 11 is 5.69. The molecule has 6 heteroatoms. The van der Waals surface area contributed by atoms with Crippen molar-refractivity contribution in [1.82, 2.24) is 4.98 Å². The van der Waals surface area contributed by atoms with Crippen LogP contribution in [0.15, 0.2) is 18.3 Å². The first-order valence-electron chi connectivity index (χ1n) is 4.42. The van der Waals surface area contributed by atoms with Crippen molar-refractivity contribution in [2.24, 2.45) is 0 Å². The summed E-state index contributed by atoms with van der Waals surface area (Å²) in [5.74, 6) is 0.0902. The van der Waals surface area contributed by atoms with Gasteiger partial charge in [0.15, 0.2) is 0 Å². The first-order chi connectivity index (χ1) is 6.87. The summed E-state index contributed by atoms with van der Waals surface area (Å²) in [5, 5.41) is 3.42. The second-order valence-corrected chi connectivity index (χ2v) is 6.08. The minimum atomic E-state index is -2.96. The van der Waals surface area contributed by atoms with Gasteiger partial charge >= 0.3 is 0 Å². The third-order valence-corrected chi connectivity index (χ3v) is 3.00. The molecular formula is C9H13ClN2O2S. The maximum Gasteiger partial charge on any atom is 0.149 e. The molecule has 1 rings (SSSR count). The molecule has 0 spiro atoms. The number of pyridine rings is 1. The SMILES string of the molecule is CC(CS(C)(=O)=O)Nc1ccnc(Cl)c1. The summed E-state index contributed by atoms with van der Waals surface area (Å²) in [6, 6.07) is 3.24. The van der Waals surface area contributed by atoms with E-state index in [1.54, 1.807) is 25.3 Å². The molecule has 1 heterocycles. The number of hydrogen-bond acceptors (Lipinski definition) is 4. The molecule has 4 nitrogen and oxygen atoms in total. The van der Waals surface area contributed by atoms with Crippen LogP contribution < -0.4 is 5.32 Å². The zero-order chi connectivity index (χ0) is 11.5. The second kappa shape index (κ2) is 4.81. The second-order valence-electron chi connectivity index (χ2n) is 3.51. The molecule has 84 valence electrons.